The number of ether oxygens (including phenoxy) is 1. The Balaban J connectivity index is 1.27. The van der Waals surface area contributed by atoms with Crippen molar-refractivity contribution in [2.75, 3.05) is 6.61 Å². The molecule has 5 heteroatoms. The fraction of sp³-hybridized carbons (Fsp3) is 0.250. The zero-order valence-electron chi connectivity index (χ0n) is 21.1. The molecule has 1 fully saturated rings. The van der Waals surface area contributed by atoms with Crippen molar-refractivity contribution in [1.29, 1.82) is 0 Å². The van der Waals surface area contributed by atoms with Gasteiger partial charge in [0.15, 0.2) is 5.76 Å². The highest BCUT2D eigenvalue weighted by atomic mass is 16.5. The summed E-state index contributed by atoms with van der Waals surface area (Å²) in [6, 6.07) is 26.5. The summed E-state index contributed by atoms with van der Waals surface area (Å²) < 4.78 is 10.8. The lowest BCUT2D eigenvalue weighted by Crippen LogP contribution is -2.07. The minimum Gasteiger partial charge on any atom is -0.466 e. The molecule has 5 nitrogen and oxygen atoms in total. The van der Waals surface area contributed by atoms with E-state index in [0.29, 0.717) is 24.5 Å². The Bertz CT molecular complexity index is 1370. The van der Waals surface area contributed by atoms with Gasteiger partial charge in [0.2, 0.25) is 0 Å². The van der Waals surface area contributed by atoms with Crippen molar-refractivity contribution < 1.29 is 19.2 Å². The number of aliphatic hydroxyl groups excluding tert-OH is 1. The van der Waals surface area contributed by atoms with Gasteiger partial charge in [0.05, 0.1) is 29.9 Å². The smallest absolute Gasteiger partial charge is 0.309 e. The molecule has 1 N–H and O–H groups in total. The molecule has 1 unspecified atom stereocenters. The van der Waals surface area contributed by atoms with E-state index in [0.717, 1.165) is 34.2 Å². The summed E-state index contributed by atoms with van der Waals surface area (Å²) in [5.41, 5.74) is 6.73. The average Bonchev–Trinajstić information content (AvgIpc) is 3.64. The number of benzene rings is 3. The quantitative estimate of drug-likeness (QED) is 0.251. The van der Waals surface area contributed by atoms with Crippen LogP contribution >= 0.6 is 0 Å². The van der Waals surface area contributed by atoms with Crippen LogP contribution in [0.25, 0.3) is 28.5 Å². The van der Waals surface area contributed by atoms with E-state index in [1.165, 1.54) is 5.56 Å². The highest BCUT2D eigenvalue weighted by Gasteiger charge is 2.45. The van der Waals surface area contributed by atoms with Crippen molar-refractivity contribution in [3.63, 3.8) is 0 Å². The molecule has 0 radical (unpaired) electrons. The zero-order valence-corrected chi connectivity index (χ0v) is 21.1. The molecule has 0 saturated heterocycles. The largest absolute Gasteiger partial charge is 0.466 e. The molecule has 1 aromatic heterocycles. The molecule has 37 heavy (non-hydrogen) atoms. The summed E-state index contributed by atoms with van der Waals surface area (Å²) in [4.78, 5) is 12.0. The van der Waals surface area contributed by atoms with E-state index in [4.69, 9.17) is 9.26 Å². The Morgan fingerprint density at radius 2 is 1.68 bits per heavy atom. The molecular formula is C32H31NO4. The molecule has 0 spiro atoms. The Kier molecular flexibility index (Phi) is 7.33. The Morgan fingerprint density at radius 3 is 2.35 bits per heavy atom. The zero-order chi connectivity index (χ0) is 25.8. The first-order valence-corrected chi connectivity index (χ1v) is 12.8. The molecule has 1 saturated carbocycles. The molecule has 1 aliphatic rings. The van der Waals surface area contributed by atoms with E-state index in [2.05, 4.69) is 29.4 Å². The Hall–Kier alpha value is -3.96. The van der Waals surface area contributed by atoms with E-state index in [9.17, 15) is 9.90 Å². The van der Waals surface area contributed by atoms with Crippen LogP contribution in [0.1, 0.15) is 54.2 Å². The van der Waals surface area contributed by atoms with Gasteiger partial charge in [-0.15, -0.1) is 0 Å². The monoisotopic (exact) mass is 493 g/mol. The van der Waals surface area contributed by atoms with Crippen LogP contribution in [0.2, 0.25) is 0 Å². The van der Waals surface area contributed by atoms with E-state index >= 15 is 0 Å². The first-order valence-electron chi connectivity index (χ1n) is 12.8. The van der Waals surface area contributed by atoms with Crippen LogP contribution in [-0.2, 0) is 9.53 Å². The molecule has 188 valence electrons. The number of aryl methyl sites for hydroxylation is 1. The standard InChI is InChI=1S/C32H31NO4/c1-3-36-32(35)28-20-27(28)25-16-12-23(13-17-25)24-14-18-26(19-15-24)31-30(21(2)33-37-31)29(34)11-7-10-22-8-5-4-6-9-22/h4-10,12-19,27-29,34H,3,11,20H2,1-2H3/b10-7+/t27-,28-,29?/m1/s1. The average molecular weight is 494 g/mol. The molecule has 1 aliphatic carbocycles. The molecule has 3 aromatic carbocycles. The van der Waals surface area contributed by atoms with E-state index in [1.807, 2.05) is 80.6 Å². The van der Waals surface area contributed by atoms with Crippen molar-refractivity contribution in [1.82, 2.24) is 5.16 Å². The number of carbonyl (C=O) groups is 1. The van der Waals surface area contributed by atoms with Crippen molar-refractivity contribution in [3.8, 4) is 22.5 Å². The summed E-state index contributed by atoms with van der Waals surface area (Å²) >= 11 is 0. The Labute approximate surface area is 217 Å². The van der Waals surface area contributed by atoms with Gasteiger partial charge in [-0.05, 0) is 54.9 Å². The summed E-state index contributed by atoms with van der Waals surface area (Å²) in [6.07, 6.45) is 4.59. The van der Waals surface area contributed by atoms with Gasteiger partial charge in [-0.25, -0.2) is 0 Å². The third-order valence-corrected chi connectivity index (χ3v) is 6.91. The van der Waals surface area contributed by atoms with E-state index < -0.39 is 6.10 Å². The highest BCUT2D eigenvalue weighted by Crippen LogP contribution is 2.48. The lowest BCUT2D eigenvalue weighted by Gasteiger charge is -2.10. The SMILES string of the molecule is CCOC(=O)[C@@H]1C[C@@H]1c1ccc(-c2ccc(-c3onc(C)c3C(O)C/C=C/c3ccccc3)cc2)cc1. The van der Waals surface area contributed by atoms with Gasteiger partial charge in [-0.2, -0.15) is 0 Å². The molecule has 0 aliphatic heterocycles. The predicted molar refractivity (Wildman–Crippen MR) is 145 cm³/mol. The van der Waals surface area contributed by atoms with Crippen LogP contribution in [0.4, 0.5) is 0 Å². The number of esters is 1. The fourth-order valence-corrected chi connectivity index (χ4v) is 4.80. The molecule has 3 atom stereocenters. The van der Waals surface area contributed by atoms with Crippen LogP contribution in [0, 0.1) is 12.8 Å². The summed E-state index contributed by atoms with van der Waals surface area (Å²) in [5, 5.41) is 15.1. The van der Waals surface area contributed by atoms with E-state index in [1.54, 1.807) is 0 Å². The summed E-state index contributed by atoms with van der Waals surface area (Å²) in [6.45, 7) is 4.12. The minimum atomic E-state index is -0.714. The van der Waals surface area contributed by atoms with Crippen molar-refractivity contribution in [2.24, 2.45) is 5.92 Å². The molecular weight excluding hydrogens is 462 g/mol. The second-order valence-corrected chi connectivity index (χ2v) is 9.48. The molecule has 1 heterocycles. The van der Waals surface area contributed by atoms with Crippen LogP contribution in [0.3, 0.4) is 0 Å². The van der Waals surface area contributed by atoms with Gasteiger partial charge in [0.1, 0.15) is 0 Å². The van der Waals surface area contributed by atoms with Crippen LogP contribution in [-0.4, -0.2) is 22.8 Å². The molecule has 5 rings (SSSR count). The van der Waals surface area contributed by atoms with Crippen molar-refractivity contribution >= 4 is 12.0 Å². The van der Waals surface area contributed by atoms with Crippen LogP contribution < -0.4 is 0 Å². The maximum Gasteiger partial charge on any atom is 0.309 e. The number of aromatic nitrogens is 1. The second kappa shape index (κ2) is 11.0. The van der Waals surface area contributed by atoms with Gasteiger partial charge in [-0.1, -0.05) is 96.2 Å². The maximum absolute atomic E-state index is 12.0. The molecule has 4 aromatic rings. The number of carbonyl (C=O) groups excluding carboxylic acids is 1. The third-order valence-electron chi connectivity index (χ3n) is 6.91. The molecule has 0 amide bonds. The van der Waals surface area contributed by atoms with Crippen LogP contribution in [0.5, 0.6) is 0 Å². The van der Waals surface area contributed by atoms with Gasteiger partial charge in [0, 0.05) is 5.56 Å². The summed E-state index contributed by atoms with van der Waals surface area (Å²) in [7, 11) is 0. The van der Waals surface area contributed by atoms with E-state index in [-0.39, 0.29) is 17.8 Å². The van der Waals surface area contributed by atoms with Gasteiger partial charge in [0.25, 0.3) is 0 Å². The normalized spacial score (nSPS) is 17.6. The predicted octanol–water partition coefficient (Wildman–Crippen LogP) is 7.12. The second-order valence-electron chi connectivity index (χ2n) is 9.48. The number of aliphatic hydroxyl groups is 1. The summed E-state index contributed by atoms with van der Waals surface area (Å²) in [5.74, 6) is 0.761. The number of hydrogen-bond acceptors (Lipinski definition) is 5. The van der Waals surface area contributed by atoms with Crippen molar-refractivity contribution in [2.45, 2.75) is 38.7 Å². The minimum absolute atomic E-state index is 0.00572. The third kappa shape index (κ3) is 5.57. The first-order chi connectivity index (χ1) is 18.0. The number of rotatable bonds is 9. The first kappa shape index (κ1) is 24.7. The van der Waals surface area contributed by atoms with Gasteiger partial charge in [-0.3, -0.25) is 4.79 Å². The lowest BCUT2D eigenvalue weighted by atomic mass is 9.97. The van der Waals surface area contributed by atoms with Crippen molar-refractivity contribution in [3.05, 3.63) is 107 Å². The lowest BCUT2D eigenvalue weighted by molar-refractivity contribution is -0.144. The Morgan fingerprint density at radius 1 is 1.03 bits per heavy atom. The maximum atomic E-state index is 12.0. The number of nitrogens with zero attached hydrogens (tertiary/aromatic N) is 1. The molecule has 0 bridgehead atoms. The van der Waals surface area contributed by atoms with Gasteiger partial charge >= 0.3 is 5.97 Å². The fourth-order valence-electron chi connectivity index (χ4n) is 4.80. The topological polar surface area (TPSA) is 72.6 Å². The number of hydrogen-bond donors (Lipinski definition) is 1. The highest BCUT2D eigenvalue weighted by molar-refractivity contribution is 5.77. The van der Waals surface area contributed by atoms with Crippen LogP contribution in [0.15, 0.2) is 89.5 Å². The van der Waals surface area contributed by atoms with Gasteiger partial charge < -0.3 is 14.4 Å².